The topological polar surface area (TPSA) is 28.0 Å². The Balaban J connectivity index is 2.92. The molecule has 0 aliphatic heterocycles. The molecule has 0 saturated carbocycles. The van der Waals surface area contributed by atoms with E-state index in [2.05, 4.69) is 15.9 Å². The van der Waals surface area contributed by atoms with Gasteiger partial charge in [0.25, 0.3) is 0 Å². The van der Waals surface area contributed by atoms with E-state index < -0.39 is 0 Å². The van der Waals surface area contributed by atoms with E-state index in [0.717, 1.165) is 10.1 Å². The lowest BCUT2D eigenvalue weighted by atomic mass is 10.3. The first-order valence-electron chi connectivity index (χ1n) is 3.22. The van der Waals surface area contributed by atoms with Crippen LogP contribution in [0.15, 0.2) is 34.9 Å². The van der Waals surface area contributed by atoms with Crippen LogP contribution in [-0.4, -0.2) is 4.73 Å². The number of nitrogens with zero attached hydrogens (tertiary/aromatic N) is 1. The first kappa shape index (κ1) is 6.73. The van der Waals surface area contributed by atoms with Crippen molar-refractivity contribution in [2.24, 2.45) is 0 Å². The maximum absolute atomic E-state index is 11.2. The van der Waals surface area contributed by atoms with Crippen LogP contribution in [0.1, 0.15) is 0 Å². The molecule has 56 valence electrons. The highest BCUT2D eigenvalue weighted by Gasteiger charge is 1.97. The average molecular weight is 211 g/mol. The number of hydrogen-bond acceptors (Lipinski definition) is 1. The molecule has 0 N–H and O–H groups in total. The molecule has 11 heavy (non-hydrogen) atoms. The molecule has 1 heterocycles. The fourth-order valence-electron chi connectivity index (χ4n) is 1.10. The van der Waals surface area contributed by atoms with Gasteiger partial charge in [-0.05, 0) is 28.1 Å². The number of para-hydroxylation sites is 1. The van der Waals surface area contributed by atoms with Gasteiger partial charge >= 0.3 is 0 Å². The van der Waals surface area contributed by atoms with Gasteiger partial charge in [-0.3, -0.25) is 0 Å². The second-order valence-corrected chi connectivity index (χ2v) is 3.13. The first-order chi connectivity index (χ1) is 5.29. The molecule has 0 spiro atoms. The summed E-state index contributed by atoms with van der Waals surface area (Å²) in [5.41, 5.74) is 0.708. The predicted molar refractivity (Wildman–Crippen MR) is 48.4 cm³/mol. The molecular formula is C8H5BrNO-. The Hall–Kier alpha value is -0.960. The van der Waals surface area contributed by atoms with Gasteiger partial charge in [-0.15, -0.1) is 0 Å². The molecule has 0 unspecified atom stereocenters. The molecule has 0 aliphatic rings. The molecule has 0 radical (unpaired) electrons. The largest absolute Gasteiger partial charge is 0.805 e. The summed E-state index contributed by atoms with van der Waals surface area (Å²) in [4.78, 5) is 0. The minimum atomic E-state index is 0.568. The van der Waals surface area contributed by atoms with Crippen LogP contribution in [0.2, 0.25) is 0 Å². The van der Waals surface area contributed by atoms with E-state index in [1.54, 1.807) is 6.07 Å². The third-order valence-corrected chi connectivity index (χ3v) is 2.18. The van der Waals surface area contributed by atoms with Crippen LogP contribution in [0, 0.1) is 5.21 Å². The van der Waals surface area contributed by atoms with Crippen molar-refractivity contribution in [1.29, 1.82) is 0 Å². The summed E-state index contributed by atoms with van der Waals surface area (Å²) in [6.07, 6.45) is 0. The van der Waals surface area contributed by atoms with Crippen molar-refractivity contribution < 1.29 is 0 Å². The molecule has 2 aromatic rings. The van der Waals surface area contributed by atoms with Crippen molar-refractivity contribution in [3.63, 3.8) is 0 Å². The minimum absolute atomic E-state index is 0.568. The lowest BCUT2D eigenvalue weighted by molar-refractivity contribution is 1.12. The fraction of sp³-hybridized carbons (Fsp3) is 0. The summed E-state index contributed by atoms with van der Waals surface area (Å²) >= 11 is 3.16. The maximum atomic E-state index is 11.2. The number of aromatic nitrogens is 1. The standard InChI is InChI=1S/C8H5BrNO/c9-8-5-6-3-1-2-4-7(6)10(8)11/h1-5H/q-1. The second kappa shape index (κ2) is 2.27. The van der Waals surface area contributed by atoms with Crippen LogP contribution in [0.3, 0.4) is 0 Å². The minimum Gasteiger partial charge on any atom is -0.805 e. The summed E-state index contributed by atoms with van der Waals surface area (Å²) in [7, 11) is 0. The average Bonchev–Trinajstić information content (AvgIpc) is 2.30. The first-order valence-corrected chi connectivity index (χ1v) is 4.02. The van der Waals surface area contributed by atoms with Crippen molar-refractivity contribution in [2.45, 2.75) is 0 Å². The molecular weight excluding hydrogens is 206 g/mol. The van der Waals surface area contributed by atoms with Gasteiger partial charge in [-0.25, -0.2) is 0 Å². The molecule has 2 rings (SSSR count). The fourth-order valence-corrected chi connectivity index (χ4v) is 1.53. The molecule has 1 aromatic heterocycles. The highest BCUT2D eigenvalue weighted by molar-refractivity contribution is 9.10. The number of rotatable bonds is 0. The quantitative estimate of drug-likeness (QED) is 0.658. The zero-order valence-electron chi connectivity index (χ0n) is 5.62. The summed E-state index contributed by atoms with van der Waals surface area (Å²) in [5.74, 6) is 0. The molecule has 0 bridgehead atoms. The van der Waals surface area contributed by atoms with Crippen molar-refractivity contribution in [2.75, 3.05) is 0 Å². The summed E-state index contributed by atoms with van der Waals surface area (Å²) < 4.78 is 1.44. The lowest BCUT2D eigenvalue weighted by Crippen LogP contribution is -1.82. The second-order valence-electron chi connectivity index (χ2n) is 2.32. The van der Waals surface area contributed by atoms with E-state index in [0.29, 0.717) is 10.1 Å². The summed E-state index contributed by atoms with van der Waals surface area (Å²) in [6.45, 7) is 0. The molecule has 2 nitrogen and oxygen atoms in total. The number of benzene rings is 1. The lowest BCUT2D eigenvalue weighted by Gasteiger charge is -2.08. The zero-order chi connectivity index (χ0) is 7.84. The Morgan fingerprint density at radius 3 is 2.73 bits per heavy atom. The third-order valence-electron chi connectivity index (χ3n) is 1.62. The van der Waals surface area contributed by atoms with Crippen molar-refractivity contribution in [3.05, 3.63) is 40.1 Å². The highest BCUT2D eigenvalue weighted by Crippen LogP contribution is 2.21. The van der Waals surface area contributed by atoms with E-state index in [-0.39, 0.29) is 0 Å². The van der Waals surface area contributed by atoms with Crippen LogP contribution in [0.4, 0.5) is 0 Å². The van der Waals surface area contributed by atoms with Crippen LogP contribution < -0.4 is 0 Å². The van der Waals surface area contributed by atoms with Gasteiger partial charge in [0.1, 0.15) is 0 Å². The van der Waals surface area contributed by atoms with E-state index in [1.807, 2.05) is 24.3 Å². The predicted octanol–water partition coefficient (Wildman–Crippen LogP) is 2.75. The van der Waals surface area contributed by atoms with Gasteiger partial charge in [-0.2, -0.15) is 0 Å². The molecule has 0 saturated heterocycles. The van der Waals surface area contributed by atoms with Gasteiger partial charge in [0, 0.05) is 10.9 Å². The summed E-state index contributed by atoms with van der Waals surface area (Å²) in [6, 6.07) is 9.28. The SMILES string of the molecule is [O-]n1c(Br)cc2ccccc21. The number of hydrogen-bond donors (Lipinski definition) is 0. The smallest absolute Gasteiger partial charge is 0.0810 e. The van der Waals surface area contributed by atoms with Crippen LogP contribution in [0.5, 0.6) is 0 Å². The van der Waals surface area contributed by atoms with Gasteiger partial charge in [0.15, 0.2) is 0 Å². The molecule has 1 aromatic carbocycles. The Morgan fingerprint density at radius 1 is 1.27 bits per heavy atom. The normalized spacial score (nSPS) is 10.6. The zero-order valence-corrected chi connectivity index (χ0v) is 7.21. The van der Waals surface area contributed by atoms with E-state index in [4.69, 9.17) is 0 Å². The van der Waals surface area contributed by atoms with Gasteiger partial charge in [0.2, 0.25) is 0 Å². The van der Waals surface area contributed by atoms with Crippen LogP contribution in [-0.2, 0) is 0 Å². The molecule has 0 amide bonds. The van der Waals surface area contributed by atoms with Gasteiger partial charge < -0.3 is 9.94 Å². The highest BCUT2D eigenvalue weighted by atomic mass is 79.9. The van der Waals surface area contributed by atoms with Crippen molar-refractivity contribution in [1.82, 2.24) is 4.73 Å². The van der Waals surface area contributed by atoms with Gasteiger partial charge in [0.05, 0.1) is 4.60 Å². The Labute approximate surface area is 72.1 Å². The van der Waals surface area contributed by atoms with Crippen LogP contribution in [0.25, 0.3) is 10.9 Å². The van der Waals surface area contributed by atoms with Crippen LogP contribution >= 0.6 is 15.9 Å². The van der Waals surface area contributed by atoms with E-state index >= 15 is 0 Å². The number of halogens is 1. The van der Waals surface area contributed by atoms with Crippen molar-refractivity contribution in [3.8, 4) is 0 Å². The van der Waals surface area contributed by atoms with E-state index in [9.17, 15) is 5.21 Å². The summed E-state index contributed by atoms with van der Waals surface area (Å²) in [5, 5.41) is 12.2. The van der Waals surface area contributed by atoms with E-state index in [1.165, 1.54) is 0 Å². The molecule has 3 heteroatoms. The Kier molecular flexibility index (Phi) is 1.39. The van der Waals surface area contributed by atoms with Gasteiger partial charge in [-0.1, -0.05) is 18.2 Å². The number of fused-ring (bicyclic) bond motifs is 1. The molecule has 0 aliphatic carbocycles. The Bertz CT molecular complexity index is 394. The third kappa shape index (κ3) is 0.922. The maximum Gasteiger partial charge on any atom is 0.0810 e. The molecule has 0 atom stereocenters. The van der Waals surface area contributed by atoms with Crippen molar-refractivity contribution >= 4 is 26.8 Å². The monoisotopic (exact) mass is 210 g/mol. The Morgan fingerprint density at radius 2 is 2.00 bits per heavy atom. The molecule has 0 fully saturated rings.